The van der Waals surface area contributed by atoms with Crippen LogP contribution >= 0.6 is 0 Å². The van der Waals surface area contributed by atoms with Gasteiger partial charge in [-0.3, -0.25) is 4.79 Å². The van der Waals surface area contributed by atoms with Crippen LogP contribution in [0.5, 0.6) is 0 Å². The summed E-state index contributed by atoms with van der Waals surface area (Å²) in [7, 11) is 0. The van der Waals surface area contributed by atoms with Gasteiger partial charge < -0.3 is 4.74 Å². The highest BCUT2D eigenvalue weighted by Gasteiger charge is 2.28. The highest BCUT2D eigenvalue weighted by Crippen LogP contribution is 2.24. The Morgan fingerprint density at radius 3 is 2.20 bits per heavy atom. The molecule has 0 amide bonds. The van der Waals surface area contributed by atoms with E-state index in [0.717, 1.165) is 0 Å². The largest absolute Gasteiger partial charge is 0.461 e. The van der Waals surface area contributed by atoms with Gasteiger partial charge in [0, 0.05) is 0 Å². The second-order valence-corrected chi connectivity index (χ2v) is 5.66. The maximum Gasteiger partial charge on any atom is 0.357 e. The van der Waals surface area contributed by atoms with E-state index in [-0.39, 0.29) is 29.1 Å². The highest BCUT2D eigenvalue weighted by atomic mass is 16.5. The summed E-state index contributed by atoms with van der Waals surface area (Å²) in [5, 5.41) is 0.985. The Morgan fingerprint density at radius 1 is 1.25 bits per heavy atom. The van der Waals surface area contributed by atoms with E-state index in [2.05, 4.69) is 18.1 Å². The Labute approximate surface area is 119 Å². The summed E-state index contributed by atoms with van der Waals surface area (Å²) in [6.07, 6.45) is 0. The molecule has 1 aromatic rings. The van der Waals surface area contributed by atoms with Gasteiger partial charge in [0.2, 0.25) is 0 Å². The maximum atomic E-state index is 12.0. The van der Waals surface area contributed by atoms with Gasteiger partial charge >= 0.3 is 5.97 Å². The Morgan fingerprint density at radius 2 is 1.80 bits per heavy atom. The number of carbonyl (C=O) groups excluding carboxylic acids is 2. The molecule has 0 spiro atoms. The molecule has 0 atom stereocenters. The molecule has 0 bridgehead atoms. The predicted octanol–water partition coefficient (Wildman–Crippen LogP) is 1.58. The van der Waals surface area contributed by atoms with Crippen LogP contribution in [0, 0.1) is 0 Å². The molecule has 0 aliphatic heterocycles. The summed E-state index contributed by atoms with van der Waals surface area (Å²) < 4.78 is 4.98. The molecule has 0 saturated carbocycles. The van der Waals surface area contributed by atoms with Crippen molar-refractivity contribution in [2.75, 3.05) is 6.61 Å². The first-order valence-corrected chi connectivity index (χ1v) is 6.51. The number of rotatable bonds is 3. The minimum Gasteiger partial charge on any atom is -0.461 e. The SMILES string of the molecule is C=c1nc(C(=O)OCC)c(C(C)=O)c(C(C)(C)C)c1=C. The first-order chi connectivity index (χ1) is 9.11. The predicted molar refractivity (Wildman–Crippen MR) is 79.2 cm³/mol. The number of nitrogens with zero attached hydrogens (tertiary/aromatic N) is 1. The fourth-order valence-electron chi connectivity index (χ4n) is 2.19. The summed E-state index contributed by atoms with van der Waals surface area (Å²) in [6.45, 7) is 17.0. The second-order valence-electron chi connectivity index (χ2n) is 5.66. The third-order valence-electron chi connectivity index (χ3n) is 2.95. The Balaban J connectivity index is 3.84. The standard InChI is InChI=1S/C16H21NO3/c1-8-20-15(19)14-12(11(4)18)13(16(5,6)7)9(2)10(3)17-14/h2-3,8H2,1,4-7H3. The number of carbonyl (C=O) groups is 2. The van der Waals surface area contributed by atoms with Crippen LogP contribution in [0.25, 0.3) is 13.2 Å². The number of ketones is 1. The van der Waals surface area contributed by atoms with Gasteiger partial charge in [-0.25, -0.2) is 9.78 Å². The molecule has 0 fully saturated rings. The number of hydrogen-bond donors (Lipinski definition) is 0. The maximum absolute atomic E-state index is 12.0. The monoisotopic (exact) mass is 275 g/mol. The van der Waals surface area contributed by atoms with Crippen LogP contribution in [0.4, 0.5) is 0 Å². The van der Waals surface area contributed by atoms with Crippen molar-refractivity contribution in [1.82, 2.24) is 4.98 Å². The summed E-state index contributed by atoms with van der Waals surface area (Å²) >= 11 is 0. The number of esters is 1. The average molecular weight is 275 g/mol. The molecule has 0 aliphatic rings. The topological polar surface area (TPSA) is 56.3 Å². The molecular weight excluding hydrogens is 254 g/mol. The molecular formula is C16H21NO3. The number of aromatic nitrogens is 1. The van der Waals surface area contributed by atoms with Crippen molar-refractivity contribution in [3.8, 4) is 0 Å². The third-order valence-corrected chi connectivity index (χ3v) is 2.95. The van der Waals surface area contributed by atoms with Crippen LogP contribution in [0.2, 0.25) is 0 Å². The lowest BCUT2D eigenvalue weighted by Gasteiger charge is -2.24. The molecule has 0 saturated heterocycles. The lowest BCUT2D eigenvalue weighted by molar-refractivity contribution is 0.0515. The van der Waals surface area contributed by atoms with Crippen LogP contribution in [-0.4, -0.2) is 23.3 Å². The van der Waals surface area contributed by atoms with Crippen molar-refractivity contribution >= 4 is 24.9 Å². The normalized spacial score (nSPS) is 11.2. The molecule has 0 radical (unpaired) electrons. The molecule has 108 valence electrons. The zero-order valence-electron chi connectivity index (χ0n) is 12.8. The number of hydrogen-bond acceptors (Lipinski definition) is 4. The van der Waals surface area contributed by atoms with Gasteiger partial charge in [-0.05, 0) is 30.0 Å². The van der Waals surface area contributed by atoms with Crippen LogP contribution < -0.4 is 10.6 Å². The van der Waals surface area contributed by atoms with E-state index in [4.69, 9.17) is 4.74 Å². The van der Waals surface area contributed by atoms with Crippen molar-refractivity contribution in [3.63, 3.8) is 0 Å². The van der Waals surface area contributed by atoms with E-state index in [1.54, 1.807) is 6.92 Å². The zero-order valence-corrected chi connectivity index (χ0v) is 12.8. The van der Waals surface area contributed by atoms with Crippen LogP contribution in [0.3, 0.4) is 0 Å². The molecule has 1 aromatic heterocycles. The zero-order chi connectivity index (χ0) is 15.7. The third kappa shape index (κ3) is 2.95. The van der Waals surface area contributed by atoms with Gasteiger partial charge in [-0.15, -0.1) is 0 Å². The Bertz CT molecular complexity index is 654. The van der Waals surface area contributed by atoms with Gasteiger partial charge in [-0.1, -0.05) is 33.9 Å². The molecule has 4 nitrogen and oxygen atoms in total. The average Bonchev–Trinajstić information content (AvgIpc) is 2.30. The summed E-state index contributed by atoms with van der Waals surface area (Å²) in [5.41, 5.74) is 0.664. The highest BCUT2D eigenvalue weighted by molar-refractivity contribution is 6.05. The molecule has 0 N–H and O–H groups in total. The molecule has 1 heterocycles. The van der Waals surface area contributed by atoms with Crippen LogP contribution in [0.1, 0.15) is 61.0 Å². The minimum absolute atomic E-state index is 0.0293. The smallest absolute Gasteiger partial charge is 0.357 e. The number of pyridine rings is 1. The molecule has 0 aliphatic carbocycles. The number of Topliss-reactive ketones (excluding diaryl/α,β-unsaturated/α-hetero) is 1. The van der Waals surface area contributed by atoms with Gasteiger partial charge in [0.1, 0.15) is 0 Å². The van der Waals surface area contributed by atoms with Gasteiger partial charge in [-0.2, -0.15) is 0 Å². The van der Waals surface area contributed by atoms with E-state index >= 15 is 0 Å². The first-order valence-electron chi connectivity index (χ1n) is 6.51. The van der Waals surface area contributed by atoms with E-state index in [1.165, 1.54) is 6.92 Å². The fraction of sp³-hybridized carbons (Fsp3) is 0.438. The van der Waals surface area contributed by atoms with Gasteiger partial charge in [0.25, 0.3) is 0 Å². The first kappa shape index (κ1) is 16.1. The summed E-state index contributed by atoms with van der Waals surface area (Å²) in [4.78, 5) is 28.2. The molecule has 0 unspecified atom stereocenters. The molecule has 0 aromatic carbocycles. The van der Waals surface area contributed by atoms with Crippen LogP contribution in [-0.2, 0) is 10.2 Å². The van der Waals surface area contributed by atoms with Crippen molar-refractivity contribution in [2.45, 2.75) is 40.0 Å². The van der Waals surface area contributed by atoms with E-state index in [9.17, 15) is 9.59 Å². The molecule has 4 heteroatoms. The van der Waals surface area contributed by atoms with Crippen molar-refractivity contribution < 1.29 is 14.3 Å². The molecule has 1 rings (SSSR count). The van der Waals surface area contributed by atoms with E-state index < -0.39 is 5.97 Å². The fourth-order valence-corrected chi connectivity index (χ4v) is 2.19. The Hall–Kier alpha value is -1.97. The van der Waals surface area contributed by atoms with Crippen molar-refractivity contribution in [2.24, 2.45) is 0 Å². The van der Waals surface area contributed by atoms with Gasteiger partial charge in [0.05, 0.1) is 17.5 Å². The van der Waals surface area contributed by atoms with E-state index in [0.29, 0.717) is 16.1 Å². The summed E-state index contributed by atoms with van der Waals surface area (Å²) in [5.74, 6) is -0.830. The lowest BCUT2D eigenvalue weighted by atomic mass is 9.81. The Kier molecular flexibility index (Phi) is 4.48. The molecule has 20 heavy (non-hydrogen) atoms. The summed E-state index contributed by atoms with van der Waals surface area (Å²) in [6, 6.07) is 0. The van der Waals surface area contributed by atoms with Gasteiger partial charge in [0.15, 0.2) is 11.5 Å². The van der Waals surface area contributed by atoms with Crippen molar-refractivity contribution in [1.29, 1.82) is 0 Å². The minimum atomic E-state index is -0.604. The lowest BCUT2D eigenvalue weighted by Crippen LogP contribution is -2.39. The number of ether oxygens (including phenoxy) is 1. The van der Waals surface area contributed by atoms with Crippen LogP contribution in [0.15, 0.2) is 0 Å². The van der Waals surface area contributed by atoms with Crippen molar-refractivity contribution in [3.05, 3.63) is 27.4 Å². The van der Waals surface area contributed by atoms with E-state index in [1.807, 2.05) is 20.8 Å². The second kappa shape index (κ2) is 5.57. The quantitative estimate of drug-likeness (QED) is 0.621.